The van der Waals surface area contributed by atoms with Gasteiger partial charge < -0.3 is 14.6 Å². The first-order valence-electron chi connectivity index (χ1n) is 8.57. The number of nitrogens with zero attached hydrogens (tertiary/aromatic N) is 1. The largest absolute Gasteiger partial charge is 0.479 e. The number of esters is 2. The molecule has 0 spiro atoms. The monoisotopic (exact) mass is 413 g/mol. The quantitative estimate of drug-likeness (QED) is 0.427. The van der Waals surface area contributed by atoms with Crippen LogP contribution in [0, 0.1) is 0 Å². The first-order valence-corrected chi connectivity index (χ1v) is 8.57. The molecule has 0 radical (unpaired) electrons. The van der Waals surface area contributed by atoms with Crippen molar-refractivity contribution in [2.75, 3.05) is 0 Å². The summed E-state index contributed by atoms with van der Waals surface area (Å²) in [6, 6.07) is 9.50. The summed E-state index contributed by atoms with van der Waals surface area (Å²) < 4.78 is 9.90. The fourth-order valence-electron chi connectivity index (χ4n) is 2.78. The number of ether oxygens (including phenoxy) is 2. The Morgan fingerprint density at radius 3 is 1.90 bits per heavy atom. The topological polar surface area (TPSA) is 137 Å². The molecule has 0 saturated carbocycles. The number of hydrogen-bond acceptors (Lipinski definition) is 8. The van der Waals surface area contributed by atoms with Crippen LogP contribution in [0.1, 0.15) is 46.2 Å². The maximum absolute atomic E-state index is 12.4. The average molecular weight is 413 g/mol. The third kappa shape index (κ3) is 4.03. The lowest BCUT2D eigenvalue weighted by atomic mass is 10.1. The van der Waals surface area contributed by atoms with Gasteiger partial charge in [-0.15, -0.1) is 5.06 Å². The molecule has 10 heteroatoms. The van der Waals surface area contributed by atoms with Gasteiger partial charge in [-0.25, -0.2) is 9.63 Å². The fraction of sp³-hybridized carbons (Fsp3) is 0.150. The number of carbonyl (C=O) groups excluding carboxylic acids is 4. The maximum Gasteiger partial charge on any atom is 0.340 e. The minimum absolute atomic E-state index is 0.0637. The summed E-state index contributed by atoms with van der Waals surface area (Å²) in [5.41, 5.74) is 0.0982. The molecule has 0 aliphatic carbocycles. The molecule has 1 aliphatic heterocycles. The first-order chi connectivity index (χ1) is 14.2. The number of amides is 2. The molecule has 2 aromatic rings. The number of aliphatic carboxylic acids is 1. The molecule has 2 amide bonds. The van der Waals surface area contributed by atoms with Crippen molar-refractivity contribution in [2.45, 2.75) is 20.0 Å². The van der Waals surface area contributed by atoms with Crippen molar-refractivity contribution in [2.24, 2.45) is 0 Å². The van der Waals surface area contributed by atoms with E-state index >= 15 is 0 Å². The van der Waals surface area contributed by atoms with E-state index in [9.17, 15) is 29.1 Å². The summed E-state index contributed by atoms with van der Waals surface area (Å²) in [4.78, 5) is 64.5. The predicted molar refractivity (Wildman–Crippen MR) is 97.5 cm³/mol. The number of carboxylic acids is 1. The molecule has 30 heavy (non-hydrogen) atoms. The highest BCUT2D eigenvalue weighted by Gasteiger charge is 2.40. The Morgan fingerprint density at radius 2 is 1.40 bits per heavy atom. The van der Waals surface area contributed by atoms with Crippen molar-refractivity contribution in [3.05, 3.63) is 59.2 Å². The number of fused-ring (bicyclic) bond motifs is 1. The second kappa shape index (κ2) is 8.13. The van der Waals surface area contributed by atoms with E-state index in [1.54, 1.807) is 12.1 Å². The number of hydrogen-bond donors (Lipinski definition) is 1. The van der Waals surface area contributed by atoms with E-state index in [2.05, 4.69) is 0 Å². The molecule has 1 N–H and O–H groups in total. The molecule has 1 unspecified atom stereocenters. The number of carboxylic acid groups (broad SMARTS) is 1. The summed E-state index contributed by atoms with van der Waals surface area (Å²) in [6.45, 7) is 2.24. The molecule has 0 fully saturated rings. The van der Waals surface area contributed by atoms with Gasteiger partial charge in [0.2, 0.25) is 6.10 Å². The summed E-state index contributed by atoms with van der Waals surface area (Å²) in [5.74, 6) is -4.90. The van der Waals surface area contributed by atoms with E-state index < -0.39 is 35.8 Å². The Bertz CT molecular complexity index is 1040. The van der Waals surface area contributed by atoms with Crippen molar-refractivity contribution in [3.63, 3.8) is 0 Å². The Kier molecular flexibility index (Phi) is 5.61. The van der Waals surface area contributed by atoms with E-state index in [1.165, 1.54) is 24.3 Å². The Labute approximate surface area is 169 Å². The van der Waals surface area contributed by atoms with Gasteiger partial charge in [0.25, 0.3) is 11.8 Å². The van der Waals surface area contributed by atoms with Crippen LogP contribution in [-0.4, -0.2) is 39.9 Å². The normalized spacial score (nSPS) is 13.6. The predicted octanol–water partition coefficient (Wildman–Crippen LogP) is 1.89. The van der Waals surface area contributed by atoms with Crippen LogP contribution in [0.2, 0.25) is 0 Å². The van der Waals surface area contributed by atoms with Crippen LogP contribution >= 0.6 is 0 Å². The third-order valence-corrected chi connectivity index (χ3v) is 3.97. The molecule has 1 heterocycles. The molecule has 1 aliphatic rings. The summed E-state index contributed by atoms with van der Waals surface area (Å²) in [6.07, 6.45) is -1.80. The molecular formula is C20H15NO9. The molecule has 2 aromatic carbocycles. The number of rotatable bonds is 6. The van der Waals surface area contributed by atoms with Gasteiger partial charge in [-0.2, -0.15) is 0 Å². The lowest BCUT2D eigenvalue weighted by Gasteiger charge is -2.20. The van der Waals surface area contributed by atoms with E-state index in [1.807, 2.05) is 0 Å². The zero-order chi connectivity index (χ0) is 22.0. The standard InChI is InChI=1S/C20H15NO9/c1-10(22)28-15-8-7-12(9-16(15)29-11(2)23)17(20(26)27)30-21-18(24)13-5-3-4-6-14(13)19(21)25/h3-9,17H,1-2H3,(H,26,27). The van der Waals surface area contributed by atoms with Crippen molar-refractivity contribution in [3.8, 4) is 11.5 Å². The van der Waals surface area contributed by atoms with Crippen LogP contribution in [0.15, 0.2) is 42.5 Å². The Hall–Kier alpha value is -4.05. The van der Waals surface area contributed by atoms with Gasteiger partial charge in [-0.1, -0.05) is 18.2 Å². The van der Waals surface area contributed by atoms with Crippen LogP contribution in [0.25, 0.3) is 0 Å². The fourth-order valence-corrected chi connectivity index (χ4v) is 2.78. The van der Waals surface area contributed by atoms with E-state index in [-0.39, 0.29) is 28.2 Å². The maximum atomic E-state index is 12.4. The zero-order valence-corrected chi connectivity index (χ0v) is 15.8. The van der Waals surface area contributed by atoms with Gasteiger partial charge in [-0.3, -0.25) is 19.2 Å². The Morgan fingerprint density at radius 1 is 0.867 bits per heavy atom. The molecule has 154 valence electrons. The van der Waals surface area contributed by atoms with Crippen LogP contribution in [0.4, 0.5) is 0 Å². The molecular weight excluding hydrogens is 398 g/mol. The van der Waals surface area contributed by atoms with Gasteiger partial charge in [0.15, 0.2) is 11.5 Å². The molecule has 1 atom stereocenters. The van der Waals surface area contributed by atoms with Crippen LogP contribution in [0.5, 0.6) is 11.5 Å². The van der Waals surface area contributed by atoms with E-state index in [4.69, 9.17) is 14.3 Å². The highest BCUT2D eigenvalue weighted by Crippen LogP contribution is 2.34. The number of imide groups is 1. The van der Waals surface area contributed by atoms with Gasteiger partial charge in [0, 0.05) is 13.8 Å². The van der Waals surface area contributed by atoms with Crippen LogP contribution in [-0.2, 0) is 19.2 Å². The van der Waals surface area contributed by atoms with Gasteiger partial charge in [0.05, 0.1) is 11.1 Å². The van der Waals surface area contributed by atoms with Crippen molar-refractivity contribution in [1.29, 1.82) is 0 Å². The smallest absolute Gasteiger partial charge is 0.340 e. The lowest BCUT2D eigenvalue weighted by molar-refractivity contribution is -0.176. The molecule has 0 bridgehead atoms. The van der Waals surface area contributed by atoms with Crippen LogP contribution < -0.4 is 9.47 Å². The van der Waals surface area contributed by atoms with Crippen molar-refractivity contribution >= 4 is 29.7 Å². The lowest BCUT2D eigenvalue weighted by Crippen LogP contribution is -2.34. The van der Waals surface area contributed by atoms with Gasteiger partial charge in [0.1, 0.15) is 0 Å². The first kappa shape index (κ1) is 20.7. The average Bonchev–Trinajstić information content (AvgIpc) is 2.91. The number of carbonyl (C=O) groups is 5. The molecule has 3 rings (SSSR count). The Balaban J connectivity index is 1.94. The van der Waals surface area contributed by atoms with Crippen LogP contribution in [0.3, 0.4) is 0 Å². The SMILES string of the molecule is CC(=O)Oc1ccc(C(ON2C(=O)c3ccccc3C2=O)C(=O)O)cc1OC(C)=O. The van der Waals surface area contributed by atoms with Crippen molar-refractivity contribution in [1.82, 2.24) is 5.06 Å². The second-order valence-electron chi connectivity index (χ2n) is 6.17. The summed E-state index contributed by atoms with van der Waals surface area (Å²) in [7, 11) is 0. The molecule has 10 nitrogen and oxygen atoms in total. The van der Waals surface area contributed by atoms with Crippen molar-refractivity contribution < 1.29 is 43.4 Å². The number of hydroxylamine groups is 2. The number of benzene rings is 2. The van der Waals surface area contributed by atoms with Gasteiger partial charge in [-0.05, 0) is 29.8 Å². The summed E-state index contributed by atoms with van der Waals surface area (Å²) in [5, 5.41) is 9.97. The highest BCUT2D eigenvalue weighted by molar-refractivity contribution is 6.20. The zero-order valence-electron chi connectivity index (χ0n) is 15.8. The van der Waals surface area contributed by atoms with E-state index in [0.717, 1.165) is 19.9 Å². The molecule has 0 aromatic heterocycles. The molecule has 0 saturated heterocycles. The minimum atomic E-state index is -1.80. The third-order valence-electron chi connectivity index (χ3n) is 3.97. The second-order valence-corrected chi connectivity index (χ2v) is 6.17. The summed E-state index contributed by atoms with van der Waals surface area (Å²) >= 11 is 0. The van der Waals surface area contributed by atoms with Gasteiger partial charge >= 0.3 is 17.9 Å². The van der Waals surface area contributed by atoms with E-state index in [0.29, 0.717) is 5.06 Å². The minimum Gasteiger partial charge on any atom is -0.479 e. The highest BCUT2D eigenvalue weighted by atomic mass is 16.7.